The Labute approximate surface area is 153 Å². The van der Waals surface area contributed by atoms with Gasteiger partial charge in [-0.3, -0.25) is 0 Å². The fourth-order valence-electron chi connectivity index (χ4n) is 3.14. The molecule has 0 spiro atoms. The Balaban J connectivity index is 2.18. The van der Waals surface area contributed by atoms with E-state index in [-0.39, 0.29) is 6.61 Å². The first-order chi connectivity index (χ1) is 12.2. The van der Waals surface area contributed by atoms with Gasteiger partial charge in [0.25, 0.3) is 0 Å². The lowest BCUT2D eigenvalue weighted by Gasteiger charge is -2.27. The Bertz CT molecular complexity index is 710. The molecule has 0 heterocycles. The summed E-state index contributed by atoms with van der Waals surface area (Å²) in [5, 5.41) is 3.79. The van der Waals surface area contributed by atoms with Crippen molar-refractivity contribution in [3.63, 3.8) is 0 Å². The molecule has 3 aromatic carbocycles. The third kappa shape index (κ3) is 3.92. The average Bonchev–Trinajstić information content (AvgIpc) is 2.67. The van der Waals surface area contributed by atoms with Crippen molar-refractivity contribution < 1.29 is 9.53 Å². The second-order valence-electron chi connectivity index (χ2n) is 5.63. The van der Waals surface area contributed by atoms with Crippen molar-refractivity contribution in [2.24, 2.45) is 0 Å². The highest BCUT2D eigenvalue weighted by Gasteiger charge is 2.45. The second kappa shape index (κ2) is 8.29. The van der Waals surface area contributed by atoms with E-state index in [9.17, 15) is 4.79 Å². The summed E-state index contributed by atoms with van der Waals surface area (Å²) < 4.78 is 5.12. The number of hydrogen-bond donors (Lipinski definition) is 0. The monoisotopic (exact) mass is 369 g/mol. The quantitative estimate of drug-likeness (QED) is 0.477. The van der Waals surface area contributed by atoms with Gasteiger partial charge in [-0.05, 0) is 36.4 Å². The van der Waals surface area contributed by atoms with Crippen molar-refractivity contribution in [2.45, 2.75) is 0 Å². The molecule has 126 valence electrons. The molecule has 0 bridgehead atoms. The van der Waals surface area contributed by atoms with E-state index in [1.165, 1.54) is 15.9 Å². The van der Waals surface area contributed by atoms with Gasteiger partial charge < -0.3 is 4.74 Å². The normalized spacial score (nSPS) is 11.1. The lowest BCUT2D eigenvalue weighted by Crippen LogP contribution is -2.34. The highest BCUT2D eigenvalue weighted by atomic mass is 35.5. The maximum atomic E-state index is 11.1. The van der Waals surface area contributed by atoms with Crippen LogP contribution in [-0.4, -0.2) is 18.2 Å². The minimum atomic E-state index is -1.95. The number of carbonyl (C=O) groups excluding carboxylic acids is 1. The van der Waals surface area contributed by atoms with E-state index in [4.69, 9.17) is 16.3 Å². The van der Waals surface area contributed by atoms with Gasteiger partial charge in [0.1, 0.15) is 35.9 Å². The van der Waals surface area contributed by atoms with Gasteiger partial charge in [0.15, 0.2) is 0 Å². The van der Waals surface area contributed by atoms with Crippen LogP contribution in [0.15, 0.2) is 91.0 Å². The Morgan fingerprint density at radius 1 is 0.720 bits per heavy atom. The first-order valence-electron chi connectivity index (χ1n) is 8.11. The maximum Gasteiger partial charge on any atom is 0.403 e. The number of carbonyl (C=O) groups is 1. The van der Waals surface area contributed by atoms with Crippen LogP contribution in [0.4, 0.5) is 4.79 Å². The van der Waals surface area contributed by atoms with Crippen LogP contribution in [0.1, 0.15) is 0 Å². The Morgan fingerprint density at radius 2 is 1.08 bits per heavy atom. The highest BCUT2D eigenvalue weighted by Crippen LogP contribution is 2.54. The molecule has 2 nitrogen and oxygen atoms in total. The lowest BCUT2D eigenvalue weighted by molar-refractivity contribution is 0.180. The van der Waals surface area contributed by atoms with Crippen molar-refractivity contribution in [1.82, 2.24) is 0 Å². The molecule has 0 amide bonds. The predicted molar refractivity (Wildman–Crippen MR) is 107 cm³/mol. The van der Waals surface area contributed by atoms with E-state index in [2.05, 4.69) is 72.8 Å². The molecule has 0 saturated carbocycles. The number of ether oxygens (including phenoxy) is 1. The van der Waals surface area contributed by atoms with Gasteiger partial charge in [0, 0.05) is 11.6 Å². The Kier molecular flexibility index (Phi) is 5.86. The molecule has 0 radical (unpaired) electrons. The first-order valence-corrected chi connectivity index (χ1v) is 10.5. The van der Waals surface area contributed by atoms with Crippen LogP contribution >= 0.6 is 18.9 Å². The predicted octanol–water partition coefficient (Wildman–Crippen LogP) is 4.36. The van der Waals surface area contributed by atoms with Crippen molar-refractivity contribution in [3.05, 3.63) is 91.0 Å². The minimum absolute atomic E-state index is 0.287. The van der Waals surface area contributed by atoms with Crippen LogP contribution in [-0.2, 0) is 4.74 Å². The first kappa shape index (κ1) is 17.7. The third-order valence-corrected chi connectivity index (χ3v) is 8.73. The van der Waals surface area contributed by atoms with Gasteiger partial charge in [-0.2, -0.15) is 0 Å². The molecule has 0 aliphatic rings. The van der Waals surface area contributed by atoms with E-state index in [0.717, 1.165) is 0 Å². The summed E-state index contributed by atoms with van der Waals surface area (Å²) in [6.45, 7) is 0.287. The van der Waals surface area contributed by atoms with Gasteiger partial charge in [0.05, 0.1) is 0 Å². The lowest BCUT2D eigenvalue weighted by atomic mass is 10.4. The van der Waals surface area contributed by atoms with Gasteiger partial charge >= 0.3 is 5.43 Å². The SMILES string of the molecule is O=C(Cl)OCC[P+](c1ccccc1)(c1ccccc1)c1ccccc1. The molecule has 0 atom stereocenters. The number of rotatable bonds is 6. The summed E-state index contributed by atoms with van der Waals surface area (Å²) >= 11 is 5.40. The van der Waals surface area contributed by atoms with Crippen LogP contribution < -0.4 is 15.9 Å². The van der Waals surface area contributed by atoms with Crippen LogP contribution in [0.5, 0.6) is 0 Å². The van der Waals surface area contributed by atoms with Crippen LogP contribution in [0, 0.1) is 0 Å². The molecule has 0 aromatic heterocycles. The highest BCUT2D eigenvalue weighted by molar-refractivity contribution is 7.95. The third-order valence-electron chi connectivity index (χ3n) is 4.23. The molecule has 4 heteroatoms. The number of halogens is 1. The van der Waals surface area contributed by atoms with Crippen LogP contribution in [0.2, 0.25) is 0 Å². The van der Waals surface area contributed by atoms with Crippen LogP contribution in [0.25, 0.3) is 0 Å². The molecular formula is C21H19ClO2P+. The van der Waals surface area contributed by atoms with E-state index in [0.29, 0.717) is 6.16 Å². The topological polar surface area (TPSA) is 26.3 Å². The van der Waals surface area contributed by atoms with Crippen molar-refractivity contribution in [1.29, 1.82) is 0 Å². The fraction of sp³-hybridized carbons (Fsp3) is 0.0952. The van der Waals surface area contributed by atoms with Crippen LogP contribution in [0.3, 0.4) is 0 Å². The molecule has 0 aliphatic carbocycles. The molecule has 0 fully saturated rings. The molecule has 3 rings (SSSR count). The zero-order valence-electron chi connectivity index (χ0n) is 13.7. The Hall–Kier alpha value is -2.15. The molecule has 0 aliphatic heterocycles. The summed E-state index contributed by atoms with van der Waals surface area (Å²) in [5.74, 6) is 0. The van der Waals surface area contributed by atoms with Gasteiger partial charge in [0.2, 0.25) is 0 Å². The molecule has 0 N–H and O–H groups in total. The molecule has 0 unspecified atom stereocenters. The van der Waals surface area contributed by atoms with Gasteiger partial charge in [-0.15, -0.1) is 0 Å². The van der Waals surface area contributed by atoms with Gasteiger partial charge in [-0.25, -0.2) is 4.79 Å². The van der Waals surface area contributed by atoms with Gasteiger partial charge in [-0.1, -0.05) is 54.6 Å². The number of benzene rings is 3. The van der Waals surface area contributed by atoms with Crippen molar-refractivity contribution >= 4 is 40.2 Å². The van der Waals surface area contributed by atoms with Crippen molar-refractivity contribution in [3.8, 4) is 0 Å². The largest absolute Gasteiger partial charge is 0.450 e. The average molecular weight is 370 g/mol. The summed E-state index contributed by atoms with van der Waals surface area (Å²) in [7, 11) is -1.95. The molecular weight excluding hydrogens is 351 g/mol. The zero-order valence-corrected chi connectivity index (χ0v) is 15.4. The zero-order chi connectivity index (χ0) is 17.5. The molecule has 0 saturated heterocycles. The van der Waals surface area contributed by atoms with Crippen molar-refractivity contribution in [2.75, 3.05) is 12.8 Å². The van der Waals surface area contributed by atoms with E-state index < -0.39 is 12.7 Å². The minimum Gasteiger partial charge on any atom is -0.450 e. The number of hydrogen-bond acceptors (Lipinski definition) is 2. The summed E-state index contributed by atoms with van der Waals surface area (Å²) in [4.78, 5) is 11.1. The standard InChI is InChI=1S/C21H19ClO2P/c22-21(23)24-16-17-25(18-10-4-1-5-11-18,19-12-6-2-7-13-19)20-14-8-3-9-15-20/h1-15H,16-17H2/q+1. The van der Waals surface area contributed by atoms with E-state index in [1.54, 1.807) is 0 Å². The fourth-order valence-corrected chi connectivity index (χ4v) is 7.30. The Morgan fingerprint density at radius 3 is 1.40 bits per heavy atom. The molecule has 25 heavy (non-hydrogen) atoms. The smallest absolute Gasteiger partial charge is 0.403 e. The summed E-state index contributed by atoms with van der Waals surface area (Å²) in [6.07, 6.45) is 0.712. The van der Waals surface area contributed by atoms with E-state index >= 15 is 0 Å². The summed E-state index contributed by atoms with van der Waals surface area (Å²) in [6, 6.07) is 31.4. The molecule has 3 aromatic rings. The summed E-state index contributed by atoms with van der Waals surface area (Å²) in [5.41, 5.74) is -0.757. The van der Waals surface area contributed by atoms with E-state index in [1.807, 2.05) is 18.2 Å². The second-order valence-corrected chi connectivity index (χ2v) is 9.55. The maximum absolute atomic E-state index is 11.1.